The summed E-state index contributed by atoms with van der Waals surface area (Å²) in [6.07, 6.45) is 1.74. The number of Topliss-reactive ketones (excluding diaryl/α,β-unsaturated/α-hetero) is 1. The third kappa shape index (κ3) is 5.32. The zero-order valence-corrected chi connectivity index (χ0v) is 23.9. The second-order valence-electron chi connectivity index (χ2n) is 9.82. The van der Waals surface area contributed by atoms with Gasteiger partial charge in [-0.15, -0.1) is 11.8 Å². The number of nitrogens with zero attached hydrogens (tertiary/aromatic N) is 2. The van der Waals surface area contributed by atoms with Crippen molar-refractivity contribution in [2.75, 3.05) is 4.90 Å². The molecule has 1 aliphatic carbocycles. The van der Waals surface area contributed by atoms with E-state index in [1.165, 1.54) is 12.1 Å². The first kappa shape index (κ1) is 27.3. The summed E-state index contributed by atoms with van der Waals surface area (Å²) in [5.74, 6) is 0.109. The number of hydrogen-bond acceptors (Lipinski definition) is 5. The summed E-state index contributed by atoms with van der Waals surface area (Å²) in [6, 6.07) is 18.0. The van der Waals surface area contributed by atoms with E-state index in [2.05, 4.69) is 25.1 Å². The van der Waals surface area contributed by atoms with Crippen molar-refractivity contribution in [2.45, 2.75) is 49.7 Å². The molecule has 8 heteroatoms. The van der Waals surface area contributed by atoms with Crippen molar-refractivity contribution < 1.29 is 9.18 Å². The van der Waals surface area contributed by atoms with Crippen LogP contribution in [0.1, 0.15) is 47.4 Å². The van der Waals surface area contributed by atoms with Crippen LogP contribution in [0.15, 0.2) is 82.2 Å². The van der Waals surface area contributed by atoms with Gasteiger partial charge in [-0.1, -0.05) is 35.3 Å². The van der Waals surface area contributed by atoms with E-state index in [1.807, 2.05) is 6.92 Å². The molecule has 0 radical (unpaired) electrons. The third-order valence-electron chi connectivity index (χ3n) is 7.26. The maximum Gasteiger partial charge on any atom is 0.161 e. The molecule has 0 saturated carbocycles. The van der Waals surface area contributed by atoms with Crippen LogP contribution in [0.3, 0.4) is 0 Å². The molecule has 3 aromatic carbocycles. The predicted octanol–water partition coefficient (Wildman–Crippen LogP) is 8.35. The number of benzene rings is 3. The molecule has 0 aromatic heterocycles. The van der Waals surface area contributed by atoms with Crippen LogP contribution in [0.4, 0.5) is 10.1 Å². The number of allylic oxidation sites excluding steroid dienone is 3. The van der Waals surface area contributed by atoms with Gasteiger partial charge in [-0.2, -0.15) is 5.26 Å². The van der Waals surface area contributed by atoms with Crippen LogP contribution in [-0.4, -0.2) is 5.78 Å². The van der Waals surface area contributed by atoms with Gasteiger partial charge < -0.3 is 5.73 Å². The van der Waals surface area contributed by atoms with Crippen molar-refractivity contribution in [1.29, 1.82) is 5.26 Å². The van der Waals surface area contributed by atoms with Crippen molar-refractivity contribution in [1.82, 2.24) is 0 Å². The minimum Gasteiger partial charge on any atom is -0.384 e. The number of anilines is 1. The van der Waals surface area contributed by atoms with Crippen molar-refractivity contribution in [3.63, 3.8) is 0 Å². The summed E-state index contributed by atoms with van der Waals surface area (Å²) in [6.45, 7) is 4.05. The van der Waals surface area contributed by atoms with E-state index in [9.17, 15) is 14.4 Å². The summed E-state index contributed by atoms with van der Waals surface area (Å²) in [7, 11) is 0. The van der Waals surface area contributed by atoms with Crippen molar-refractivity contribution >= 4 is 46.4 Å². The topological polar surface area (TPSA) is 70.1 Å². The zero-order chi connectivity index (χ0) is 27.8. The molecule has 0 saturated heterocycles. The highest BCUT2D eigenvalue weighted by Crippen LogP contribution is 2.48. The van der Waals surface area contributed by atoms with Gasteiger partial charge in [-0.25, -0.2) is 4.39 Å². The van der Waals surface area contributed by atoms with E-state index < -0.39 is 5.92 Å². The highest BCUT2D eigenvalue weighted by atomic mass is 35.5. The Morgan fingerprint density at radius 3 is 2.41 bits per heavy atom. The number of nitrogens with two attached hydrogens (primary N) is 1. The average molecular weight is 579 g/mol. The second kappa shape index (κ2) is 11.1. The van der Waals surface area contributed by atoms with E-state index in [0.717, 1.165) is 32.8 Å². The third-order valence-corrected chi connectivity index (χ3v) is 8.76. The molecule has 4 nitrogen and oxygen atoms in total. The molecule has 0 spiro atoms. The molecule has 1 heterocycles. The first-order valence-corrected chi connectivity index (χ1v) is 14.3. The molecule has 2 N–H and O–H groups in total. The molecule has 1 atom stereocenters. The molecule has 2 aliphatic rings. The molecule has 5 rings (SSSR count). The summed E-state index contributed by atoms with van der Waals surface area (Å²) in [5.41, 5.74) is 13.1. The first-order chi connectivity index (χ1) is 18.7. The highest BCUT2D eigenvalue weighted by Gasteiger charge is 2.41. The molecule has 1 aliphatic heterocycles. The van der Waals surface area contributed by atoms with Crippen LogP contribution in [0.5, 0.6) is 0 Å². The van der Waals surface area contributed by atoms with E-state index in [1.54, 1.807) is 47.0 Å². The molecule has 0 bridgehead atoms. The quantitative estimate of drug-likeness (QED) is 0.308. The normalized spacial score (nSPS) is 17.4. The smallest absolute Gasteiger partial charge is 0.161 e. The maximum atomic E-state index is 13.5. The lowest BCUT2D eigenvalue weighted by atomic mass is 9.74. The monoisotopic (exact) mass is 577 g/mol. The lowest BCUT2D eigenvalue weighted by Crippen LogP contribution is -2.39. The maximum absolute atomic E-state index is 13.5. The number of rotatable bonds is 5. The highest BCUT2D eigenvalue weighted by molar-refractivity contribution is 7.98. The van der Waals surface area contributed by atoms with Gasteiger partial charge in [0.1, 0.15) is 11.6 Å². The van der Waals surface area contributed by atoms with Gasteiger partial charge in [0, 0.05) is 38.4 Å². The number of carbonyl (C=O) groups excluding carboxylic acids is 1. The fraction of sp³-hybridized carbons (Fsp3) is 0.226. The van der Waals surface area contributed by atoms with Crippen molar-refractivity contribution in [3.05, 3.63) is 115 Å². The van der Waals surface area contributed by atoms with Gasteiger partial charge in [0.25, 0.3) is 0 Å². The van der Waals surface area contributed by atoms with Crippen LogP contribution >= 0.6 is 35.0 Å². The van der Waals surface area contributed by atoms with Crippen LogP contribution in [0.25, 0.3) is 0 Å². The van der Waals surface area contributed by atoms with E-state index in [-0.39, 0.29) is 17.4 Å². The molecular weight excluding hydrogens is 552 g/mol. The zero-order valence-electron chi connectivity index (χ0n) is 21.5. The molecular formula is C31H26Cl2FN3OS. The Bertz CT molecular complexity index is 1570. The van der Waals surface area contributed by atoms with Crippen LogP contribution in [0, 0.1) is 31.0 Å². The van der Waals surface area contributed by atoms with Gasteiger partial charge in [0.2, 0.25) is 0 Å². The number of thioether (sulfide) groups is 1. The van der Waals surface area contributed by atoms with E-state index in [4.69, 9.17) is 28.9 Å². The summed E-state index contributed by atoms with van der Waals surface area (Å²) in [4.78, 5) is 16.3. The SMILES string of the molecule is Cc1cc(C)c(C2C(C#N)=C(N)N(c3cc(Cl)cc(Cl)c3)C3=C2C(=O)CCC3)cc1CSc1ccc(F)cc1. The molecule has 0 fully saturated rings. The van der Waals surface area contributed by atoms with Crippen LogP contribution in [-0.2, 0) is 10.5 Å². The molecule has 198 valence electrons. The van der Waals surface area contributed by atoms with Gasteiger partial charge in [0.15, 0.2) is 5.78 Å². The predicted molar refractivity (Wildman–Crippen MR) is 156 cm³/mol. The van der Waals surface area contributed by atoms with Crippen LogP contribution < -0.4 is 10.6 Å². The van der Waals surface area contributed by atoms with Gasteiger partial charge in [-0.3, -0.25) is 9.69 Å². The van der Waals surface area contributed by atoms with E-state index in [0.29, 0.717) is 51.9 Å². The number of ketones is 1. The Labute approximate surface area is 241 Å². The standard InChI is InChI=1S/C31H26Cl2FN3OS/c1-17-10-18(2)25(11-19(17)16-39-24-8-6-22(34)7-9-24)29-26(15-35)31(36)37(23-13-20(32)12-21(33)14-23)27-4-3-5-28(38)30(27)29/h6-14,29H,3-5,16,36H2,1-2H3. The summed E-state index contributed by atoms with van der Waals surface area (Å²) < 4.78 is 13.4. The Balaban J connectivity index is 1.63. The fourth-order valence-electron chi connectivity index (χ4n) is 5.44. The first-order valence-electron chi connectivity index (χ1n) is 12.6. The molecule has 39 heavy (non-hydrogen) atoms. The van der Waals surface area contributed by atoms with Gasteiger partial charge in [0.05, 0.1) is 23.2 Å². The Hall–Kier alpha value is -3.24. The lowest BCUT2D eigenvalue weighted by Gasteiger charge is -2.40. The average Bonchev–Trinajstić information content (AvgIpc) is 2.88. The minimum absolute atomic E-state index is 0.0156. The summed E-state index contributed by atoms with van der Waals surface area (Å²) in [5, 5.41) is 11.3. The van der Waals surface area contributed by atoms with Gasteiger partial charge in [-0.05, 0) is 91.4 Å². The lowest BCUT2D eigenvalue weighted by molar-refractivity contribution is -0.116. The summed E-state index contributed by atoms with van der Waals surface area (Å²) >= 11 is 14.2. The van der Waals surface area contributed by atoms with Crippen molar-refractivity contribution in [3.8, 4) is 6.07 Å². The molecule has 1 unspecified atom stereocenters. The Morgan fingerprint density at radius 2 is 1.74 bits per heavy atom. The number of hydrogen-bond donors (Lipinski definition) is 1. The molecule has 3 aromatic rings. The number of nitriles is 1. The molecule has 0 amide bonds. The Morgan fingerprint density at radius 1 is 1.05 bits per heavy atom. The minimum atomic E-state index is -0.570. The number of aryl methyl sites for hydroxylation is 2. The van der Waals surface area contributed by atoms with E-state index >= 15 is 0 Å². The van der Waals surface area contributed by atoms with Gasteiger partial charge >= 0.3 is 0 Å². The fourth-order valence-corrected chi connectivity index (χ4v) is 6.91. The number of carbonyl (C=O) groups is 1. The second-order valence-corrected chi connectivity index (χ2v) is 11.7. The van der Waals surface area contributed by atoms with Crippen LogP contribution in [0.2, 0.25) is 10.0 Å². The number of halogens is 3. The van der Waals surface area contributed by atoms with Crippen molar-refractivity contribution in [2.24, 2.45) is 5.73 Å². The largest absolute Gasteiger partial charge is 0.384 e. The Kier molecular flexibility index (Phi) is 7.77.